The Morgan fingerprint density at radius 3 is 0.639 bits per heavy atom. The molecule has 0 aliphatic carbocycles. The summed E-state index contributed by atoms with van der Waals surface area (Å²) in [6.07, 6.45) is 0. The van der Waals surface area contributed by atoms with Gasteiger partial charge in [0, 0.05) is 43.6 Å². The van der Waals surface area contributed by atoms with E-state index in [1.54, 1.807) is 0 Å². The zero-order valence-corrected chi connectivity index (χ0v) is 34.4. The number of phenolic OH excluding ortho intramolecular Hbond substituents is 26. The minimum absolute atomic E-state index is 0.914. The van der Waals surface area contributed by atoms with Crippen molar-refractivity contribution in [1.82, 2.24) is 0 Å². The first-order valence-corrected chi connectivity index (χ1v) is 19.4. The van der Waals surface area contributed by atoms with E-state index in [4.69, 9.17) is 8.83 Å². The zero-order chi connectivity index (χ0) is 52.8. The summed E-state index contributed by atoms with van der Waals surface area (Å²) < 4.78 is 10.7. The number of fused-ring (bicyclic) bond motifs is 8. The van der Waals surface area contributed by atoms with E-state index in [9.17, 15) is 133 Å². The monoisotopic (exact) mass is 1000 g/mol. The molecular formula is C44H26O28. The first-order valence-electron chi connectivity index (χ1n) is 19.4. The van der Waals surface area contributed by atoms with E-state index in [2.05, 4.69) is 0 Å². The van der Waals surface area contributed by atoms with Gasteiger partial charge in [-0.3, -0.25) is 0 Å². The number of aromatic hydroxyl groups is 26. The molecule has 0 atom stereocenters. The van der Waals surface area contributed by atoms with Crippen LogP contribution in [0.5, 0.6) is 149 Å². The van der Waals surface area contributed by atoms with Crippen LogP contribution < -0.4 is 0 Å². The van der Waals surface area contributed by atoms with E-state index < -0.39 is 248 Å². The Labute approximate surface area is 389 Å². The second kappa shape index (κ2) is 13.7. The van der Waals surface area contributed by atoms with Crippen molar-refractivity contribution in [3.8, 4) is 183 Å². The van der Waals surface area contributed by atoms with Crippen molar-refractivity contribution in [2.75, 3.05) is 0 Å². The maximum Gasteiger partial charge on any atom is 0.208 e. The quantitative estimate of drug-likeness (QED) is 0.0619. The Morgan fingerprint density at radius 2 is 0.306 bits per heavy atom. The van der Waals surface area contributed by atoms with Crippen LogP contribution in [0, 0.1) is 0 Å². The van der Waals surface area contributed by atoms with Crippen molar-refractivity contribution in [1.29, 1.82) is 0 Å². The topological polar surface area (TPSA) is 552 Å². The number of hydrogen-bond donors (Lipinski definition) is 26. The lowest BCUT2D eigenvalue weighted by molar-refractivity contribution is 0.347. The summed E-state index contributed by atoms with van der Waals surface area (Å²) in [6.45, 7) is 0. The van der Waals surface area contributed by atoms with Gasteiger partial charge in [-0.1, -0.05) is 0 Å². The molecule has 0 saturated carbocycles. The Bertz CT molecular complexity index is 4160. The highest BCUT2D eigenvalue weighted by Crippen LogP contribution is 2.69. The van der Waals surface area contributed by atoms with E-state index >= 15 is 0 Å². The lowest BCUT2D eigenvalue weighted by atomic mass is 9.81. The maximum atomic E-state index is 12.0. The van der Waals surface area contributed by atoms with E-state index in [-0.39, 0.29) is 0 Å². The van der Waals surface area contributed by atoms with Crippen LogP contribution in [0.25, 0.3) is 98.8 Å². The Hall–Kier alpha value is -11.3. The van der Waals surface area contributed by atoms with Crippen molar-refractivity contribution < 1.29 is 142 Å². The maximum absolute atomic E-state index is 12.0. The van der Waals surface area contributed by atoms with Crippen molar-refractivity contribution in [3.05, 3.63) is 0 Å². The fourth-order valence-electron chi connectivity index (χ4n) is 9.04. The van der Waals surface area contributed by atoms with Gasteiger partial charge < -0.3 is 142 Å². The minimum Gasteiger partial charge on any atom is -0.504 e. The van der Waals surface area contributed by atoms with Gasteiger partial charge in [0.15, 0.2) is 103 Å². The van der Waals surface area contributed by atoms with Crippen molar-refractivity contribution in [3.63, 3.8) is 0 Å². The molecule has 10 aromatic rings. The third-order valence-corrected chi connectivity index (χ3v) is 12.3. The van der Waals surface area contributed by atoms with Gasteiger partial charge in [0.25, 0.3) is 0 Å². The highest BCUT2D eigenvalue weighted by atomic mass is 16.4. The smallest absolute Gasteiger partial charge is 0.208 e. The van der Waals surface area contributed by atoms with Crippen LogP contribution in [0.1, 0.15) is 0 Å². The van der Waals surface area contributed by atoms with E-state index in [1.165, 1.54) is 0 Å². The molecule has 0 unspecified atom stereocenters. The average Bonchev–Trinajstić information content (AvgIpc) is 3.96. The molecule has 26 N–H and O–H groups in total. The molecule has 0 saturated heterocycles. The van der Waals surface area contributed by atoms with Crippen LogP contribution in [-0.4, -0.2) is 133 Å². The molecule has 72 heavy (non-hydrogen) atoms. The average molecular weight is 1000 g/mol. The van der Waals surface area contributed by atoms with Crippen molar-refractivity contribution in [2.24, 2.45) is 0 Å². The third kappa shape index (κ3) is 4.85. The van der Waals surface area contributed by atoms with Gasteiger partial charge in [-0.05, 0) is 0 Å². The summed E-state index contributed by atoms with van der Waals surface area (Å²) in [5, 5.41) is 280. The van der Waals surface area contributed by atoms with Gasteiger partial charge >= 0.3 is 0 Å². The second-order valence-corrected chi connectivity index (χ2v) is 15.8. The zero-order valence-electron chi connectivity index (χ0n) is 34.4. The minimum atomic E-state index is -1.87. The molecule has 0 bridgehead atoms. The number of hydrogen-bond acceptors (Lipinski definition) is 28. The van der Waals surface area contributed by atoms with E-state index in [0.29, 0.717) is 0 Å². The summed E-state index contributed by atoms with van der Waals surface area (Å²) in [7, 11) is 0. The van der Waals surface area contributed by atoms with Crippen LogP contribution in [0.2, 0.25) is 0 Å². The third-order valence-electron chi connectivity index (χ3n) is 12.3. The predicted octanol–water partition coefficient (Wildman–Crippen LogP) is 5.14. The fraction of sp³-hybridized carbons (Fsp3) is 0. The molecule has 8 aromatic carbocycles. The van der Waals surface area contributed by atoms with Crippen LogP contribution >= 0.6 is 0 Å². The van der Waals surface area contributed by atoms with E-state index in [0.717, 1.165) is 0 Å². The van der Waals surface area contributed by atoms with Crippen LogP contribution in [-0.2, 0) is 0 Å². The molecule has 2 aromatic heterocycles. The number of phenols is 26. The molecule has 0 aliphatic rings. The van der Waals surface area contributed by atoms with Gasteiger partial charge in [-0.2, -0.15) is 0 Å². The molecule has 0 radical (unpaired) electrons. The number of benzene rings is 8. The molecule has 28 nitrogen and oxygen atoms in total. The lowest BCUT2D eigenvalue weighted by Crippen LogP contribution is -1.97. The highest BCUT2D eigenvalue weighted by Gasteiger charge is 2.41. The van der Waals surface area contributed by atoms with Gasteiger partial charge in [-0.25, -0.2) is 0 Å². The summed E-state index contributed by atoms with van der Waals surface area (Å²) in [5.41, 5.74) is -12.8. The van der Waals surface area contributed by atoms with Crippen LogP contribution in [0.4, 0.5) is 0 Å². The molecular weight excluding hydrogens is 976 g/mol. The summed E-state index contributed by atoms with van der Waals surface area (Å²) in [4.78, 5) is 0. The molecule has 370 valence electrons. The normalized spacial score (nSPS) is 11.9. The Kier molecular flexibility index (Phi) is 8.44. The SMILES string of the molecule is Oc1c(O)c(-c2c(O)c(O)c(O)c3oc4c(O)c(O)c(O)c(O)c4c23)c(O)c(O)c1-c1c2c(O)c(O)c(O)c(O)c2c(-c2c(O)c(O)c3c(oc4c(O)c(O)c(O)c(O)c43)c2O)c2c(O)c(O)c(O)c(O)c12. The van der Waals surface area contributed by atoms with Crippen molar-refractivity contribution in [2.45, 2.75) is 0 Å². The van der Waals surface area contributed by atoms with Gasteiger partial charge in [0.05, 0.1) is 32.8 Å². The molecule has 28 heteroatoms. The highest BCUT2D eigenvalue weighted by molar-refractivity contribution is 6.32. The Balaban J connectivity index is 1.44. The molecule has 10 rings (SSSR count). The first kappa shape index (κ1) is 44.5. The standard InChI is InChI=1S/C44H26O28/c45-15-3-1(9-20(50)23(53)11(24(54)21(9)51)7-8-12-26(56)33(63)36(66)39(69)43(12)71-41(8)38(68)35(65)19(7)49)4-6(18(48)32(62)30(60)16(4)46)2(5(3)17(47)31(61)29(15)59)10-22(52)25(55)13-14-27(57)34(64)37(67)40(70)44(14)72-42(13)28(10)58/h45-70H. The molecule has 0 amide bonds. The summed E-state index contributed by atoms with van der Waals surface area (Å²) >= 11 is 0. The first-order chi connectivity index (χ1) is 33.6. The largest absolute Gasteiger partial charge is 0.504 e. The van der Waals surface area contributed by atoms with Gasteiger partial charge in [-0.15, -0.1) is 0 Å². The summed E-state index contributed by atoms with van der Waals surface area (Å²) in [6, 6.07) is 0. The van der Waals surface area contributed by atoms with Crippen LogP contribution in [0.15, 0.2) is 8.83 Å². The second-order valence-electron chi connectivity index (χ2n) is 15.8. The molecule has 0 aliphatic heterocycles. The number of rotatable bonds is 3. The Morgan fingerprint density at radius 1 is 0.125 bits per heavy atom. The summed E-state index contributed by atoms with van der Waals surface area (Å²) in [5.74, 6) is -42.0. The number of furan rings is 2. The van der Waals surface area contributed by atoms with Gasteiger partial charge in [0.1, 0.15) is 0 Å². The molecule has 0 fully saturated rings. The molecule has 2 heterocycles. The van der Waals surface area contributed by atoms with E-state index in [1.807, 2.05) is 0 Å². The molecule has 0 spiro atoms. The van der Waals surface area contributed by atoms with Crippen molar-refractivity contribution >= 4 is 65.4 Å². The van der Waals surface area contributed by atoms with Gasteiger partial charge in [0.2, 0.25) is 69.0 Å². The fourth-order valence-corrected chi connectivity index (χ4v) is 9.04. The predicted molar refractivity (Wildman–Crippen MR) is 236 cm³/mol. The van der Waals surface area contributed by atoms with Crippen LogP contribution in [0.3, 0.4) is 0 Å². The lowest BCUT2D eigenvalue weighted by Gasteiger charge is -2.24.